The van der Waals surface area contributed by atoms with Gasteiger partial charge in [0.05, 0.1) is 12.2 Å². The lowest BCUT2D eigenvalue weighted by atomic mass is 10.1. The molecule has 6 nitrogen and oxygen atoms in total. The highest BCUT2D eigenvalue weighted by Gasteiger charge is 2.10. The second kappa shape index (κ2) is 7.65. The molecule has 0 bridgehead atoms. The first-order valence-corrected chi connectivity index (χ1v) is 7.51. The highest BCUT2D eigenvalue weighted by molar-refractivity contribution is 5.54. The molecule has 0 saturated heterocycles. The molecule has 24 heavy (non-hydrogen) atoms. The summed E-state index contributed by atoms with van der Waals surface area (Å²) in [5, 5.41) is 7.09. The van der Waals surface area contributed by atoms with Gasteiger partial charge in [0.15, 0.2) is 5.82 Å². The smallest absolute Gasteiger partial charge is 0.259 e. The second-order valence-corrected chi connectivity index (χ2v) is 5.17. The van der Waals surface area contributed by atoms with E-state index in [0.717, 1.165) is 16.9 Å². The topological polar surface area (TPSA) is 73.1 Å². The Hall–Kier alpha value is -2.80. The van der Waals surface area contributed by atoms with E-state index in [4.69, 9.17) is 9.26 Å². The van der Waals surface area contributed by atoms with Gasteiger partial charge in [-0.15, -0.1) is 0 Å². The van der Waals surface area contributed by atoms with E-state index in [1.807, 2.05) is 12.1 Å². The molecule has 0 aliphatic heterocycles. The quantitative estimate of drug-likeness (QED) is 0.672. The number of pyridine rings is 1. The summed E-state index contributed by atoms with van der Waals surface area (Å²) in [5.74, 6) is 1.43. The number of methoxy groups -OCH3 is 1. The van der Waals surface area contributed by atoms with Crippen molar-refractivity contribution in [3.05, 3.63) is 59.8 Å². The summed E-state index contributed by atoms with van der Waals surface area (Å²) in [6.07, 6.45) is 2.15. The van der Waals surface area contributed by atoms with Crippen LogP contribution < -0.4 is 5.32 Å². The minimum atomic E-state index is -0.266. The van der Waals surface area contributed by atoms with Crippen LogP contribution in [0.25, 0.3) is 11.5 Å². The van der Waals surface area contributed by atoms with Crippen LogP contribution in [0, 0.1) is 5.82 Å². The molecule has 0 aliphatic carbocycles. The molecule has 2 aromatic heterocycles. The molecule has 0 unspecified atom stereocenters. The van der Waals surface area contributed by atoms with Gasteiger partial charge in [-0.05, 0) is 29.8 Å². The number of rotatable bonds is 7. The molecule has 0 radical (unpaired) electrons. The predicted molar refractivity (Wildman–Crippen MR) is 87.1 cm³/mol. The van der Waals surface area contributed by atoms with Crippen molar-refractivity contribution < 1.29 is 13.7 Å². The molecule has 3 rings (SSSR count). The number of aromatic nitrogens is 3. The van der Waals surface area contributed by atoms with Gasteiger partial charge in [-0.25, -0.2) is 9.37 Å². The summed E-state index contributed by atoms with van der Waals surface area (Å²) in [7, 11) is 1.65. The average molecular weight is 328 g/mol. The number of nitrogens with one attached hydrogen (secondary N) is 1. The summed E-state index contributed by atoms with van der Waals surface area (Å²) in [4.78, 5) is 8.65. The van der Waals surface area contributed by atoms with Gasteiger partial charge in [-0.3, -0.25) is 0 Å². The predicted octanol–water partition coefficient (Wildman–Crippen LogP) is 2.92. The van der Waals surface area contributed by atoms with Crippen molar-refractivity contribution in [2.75, 3.05) is 25.6 Å². The largest absolute Gasteiger partial charge is 0.383 e. The first kappa shape index (κ1) is 16.1. The first-order chi connectivity index (χ1) is 11.7. The fourth-order valence-electron chi connectivity index (χ4n) is 2.13. The van der Waals surface area contributed by atoms with Crippen LogP contribution in [-0.4, -0.2) is 35.4 Å². The van der Waals surface area contributed by atoms with Crippen molar-refractivity contribution in [1.82, 2.24) is 15.1 Å². The molecule has 7 heteroatoms. The third-order valence-corrected chi connectivity index (χ3v) is 3.37. The Morgan fingerprint density at radius 3 is 2.71 bits per heavy atom. The molecular weight excluding hydrogens is 311 g/mol. The molecule has 0 amide bonds. The van der Waals surface area contributed by atoms with Gasteiger partial charge in [0.25, 0.3) is 5.89 Å². The molecule has 0 aliphatic rings. The van der Waals surface area contributed by atoms with Gasteiger partial charge < -0.3 is 14.6 Å². The summed E-state index contributed by atoms with van der Waals surface area (Å²) in [5.41, 5.74) is 1.66. The maximum Gasteiger partial charge on any atom is 0.259 e. The summed E-state index contributed by atoms with van der Waals surface area (Å²) >= 11 is 0. The van der Waals surface area contributed by atoms with E-state index in [9.17, 15) is 4.39 Å². The zero-order chi connectivity index (χ0) is 16.8. The van der Waals surface area contributed by atoms with Gasteiger partial charge in [0, 0.05) is 26.3 Å². The fraction of sp³-hybridized carbons (Fsp3) is 0.235. The fourth-order valence-corrected chi connectivity index (χ4v) is 2.13. The summed E-state index contributed by atoms with van der Waals surface area (Å²) < 4.78 is 23.2. The normalized spacial score (nSPS) is 10.8. The summed E-state index contributed by atoms with van der Waals surface area (Å²) in [6.45, 7) is 1.30. The molecule has 1 N–H and O–H groups in total. The van der Waals surface area contributed by atoms with Crippen molar-refractivity contribution in [1.29, 1.82) is 0 Å². The minimum absolute atomic E-state index is 0.266. The van der Waals surface area contributed by atoms with Crippen molar-refractivity contribution in [3.8, 4) is 11.5 Å². The van der Waals surface area contributed by atoms with Crippen LogP contribution in [0.3, 0.4) is 0 Å². The molecular formula is C17H17FN4O2. The minimum Gasteiger partial charge on any atom is -0.383 e. The van der Waals surface area contributed by atoms with Gasteiger partial charge in [0.1, 0.15) is 11.6 Å². The third-order valence-electron chi connectivity index (χ3n) is 3.37. The lowest BCUT2D eigenvalue weighted by Crippen LogP contribution is -2.08. The maximum atomic E-state index is 12.9. The van der Waals surface area contributed by atoms with Crippen molar-refractivity contribution >= 4 is 5.82 Å². The van der Waals surface area contributed by atoms with Crippen molar-refractivity contribution in [3.63, 3.8) is 0 Å². The number of halogens is 1. The lowest BCUT2D eigenvalue weighted by Gasteiger charge is -2.04. The molecule has 3 aromatic rings. The Morgan fingerprint density at radius 2 is 2.00 bits per heavy atom. The van der Waals surface area contributed by atoms with Crippen LogP contribution in [0.2, 0.25) is 0 Å². The Labute approximate surface area is 138 Å². The van der Waals surface area contributed by atoms with E-state index in [-0.39, 0.29) is 5.82 Å². The Morgan fingerprint density at radius 1 is 1.17 bits per heavy atom. The van der Waals surface area contributed by atoms with Crippen LogP contribution in [0.1, 0.15) is 11.4 Å². The third kappa shape index (κ3) is 4.14. The molecule has 2 heterocycles. The van der Waals surface area contributed by atoms with E-state index < -0.39 is 0 Å². The van der Waals surface area contributed by atoms with Crippen LogP contribution >= 0.6 is 0 Å². The molecule has 124 valence electrons. The number of anilines is 1. The SMILES string of the molecule is COCCNc1ccc(-c2nc(Cc3ccc(F)cc3)no2)cn1. The number of ether oxygens (including phenoxy) is 1. The number of hydrogen-bond acceptors (Lipinski definition) is 6. The monoisotopic (exact) mass is 328 g/mol. The molecule has 0 fully saturated rings. The van der Waals surface area contributed by atoms with Crippen molar-refractivity contribution in [2.45, 2.75) is 6.42 Å². The summed E-state index contributed by atoms with van der Waals surface area (Å²) in [6, 6.07) is 9.93. The van der Waals surface area contributed by atoms with Crippen LogP contribution in [0.15, 0.2) is 47.1 Å². The standard InChI is InChI=1S/C17H17FN4O2/c1-23-9-8-19-15-7-4-13(11-20-15)17-21-16(22-24-17)10-12-2-5-14(18)6-3-12/h2-7,11H,8-10H2,1H3,(H,19,20). The number of hydrogen-bond donors (Lipinski definition) is 1. The Bertz CT molecular complexity index is 772. The van der Waals surface area contributed by atoms with Gasteiger partial charge in [-0.2, -0.15) is 4.98 Å². The zero-order valence-corrected chi connectivity index (χ0v) is 13.2. The van der Waals surface area contributed by atoms with Gasteiger partial charge in [0.2, 0.25) is 0 Å². The highest BCUT2D eigenvalue weighted by Crippen LogP contribution is 2.18. The van der Waals surface area contributed by atoms with Gasteiger partial charge >= 0.3 is 0 Å². The van der Waals surface area contributed by atoms with Gasteiger partial charge in [-0.1, -0.05) is 17.3 Å². The van der Waals surface area contributed by atoms with E-state index in [2.05, 4.69) is 20.4 Å². The molecule has 0 atom stereocenters. The number of benzene rings is 1. The average Bonchev–Trinajstić information content (AvgIpc) is 3.06. The van der Waals surface area contributed by atoms with Crippen molar-refractivity contribution in [2.24, 2.45) is 0 Å². The Kier molecular flexibility index (Phi) is 5.12. The molecule has 0 spiro atoms. The lowest BCUT2D eigenvalue weighted by molar-refractivity contribution is 0.210. The molecule has 0 saturated carbocycles. The van der Waals surface area contributed by atoms with E-state index in [1.54, 1.807) is 25.4 Å². The first-order valence-electron chi connectivity index (χ1n) is 7.51. The van der Waals surface area contributed by atoms with E-state index in [1.165, 1.54) is 12.1 Å². The van der Waals surface area contributed by atoms with E-state index in [0.29, 0.717) is 31.3 Å². The van der Waals surface area contributed by atoms with E-state index >= 15 is 0 Å². The van der Waals surface area contributed by atoms with Crippen LogP contribution in [0.4, 0.5) is 10.2 Å². The molecule has 1 aromatic carbocycles. The maximum absolute atomic E-state index is 12.9. The van der Waals surface area contributed by atoms with Crippen LogP contribution in [-0.2, 0) is 11.2 Å². The highest BCUT2D eigenvalue weighted by atomic mass is 19.1. The zero-order valence-electron chi connectivity index (χ0n) is 13.2. The second-order valence-electron chi connectivity index (χ2n) is 5.17. The van der Waals surface area contributed by atoms with Crippen LogP contribution in [0.5, 0.6) is 0 Å². The Balaban J connectivity index is 1.65. The number of nitrogens with zero attached hydrogens (tertiary/aromatic N) is 3.